The molecular formula is C14H24N4. The number of piperidine rings is 1. The van der Waals surface area contributed by atoms with E-state index in [2.05, 4.69) is 53.4 Å². The van der Waals surface area contributed by atoms with Crippen LogP contribution in [0, 0.1) is 0 Å². The predicted molar refractivity (Wildman–Crippen MR) is 75.0 cm³/mol. The van der Waals surface area contributed by atoms with E-state index in [0.29, 0.717) is 12.0 Å². The first-order chi connectivity index (χ1) is 8.66. The van der Waals surface area contributed by atoms with E-state index in [1.165, 1.54) is 19.3 Å². The molecule has 100 valence electrons. The minimum absolute atomic E-state index is 0.442. The molecule has 0 aliphatic carbocycles. The molecule has 4 heteroatoms. The number of likely N-dealkylation sites (N-methyl/N-ethyl adjacent to an activating group) is 1. The van der Waals surface area contributed by atoms with Crippen molar-refractivity contribution in [2.24, 2.45) is 0 Å². The monoisotopic (exact) mass is 248 g/mol. The van der Waals surface area contributed by atoms with Gasteiger partial charge in [0.15, 0.2) is 5.82 Å². The van der Waals surface area contributed by atoms with Crippen LogP contribution in [-0.2, 0) is 0 Å². The number of hydrogen-bond donors (Lipinski definition) is 1. The van der Waals surface area contributed by atoms with Crippen LogP contribution in [0.15, 0.2) is 12.1 Å². The Hall–Kier alpha value is -1.16. The Morgan fingerprint density at radius 1 is 1.33 bits per heavy atom. The van der Waals surface area contributed by atoms with Crippen LogP contribution in [0.1, 0.15) is 44.7 Å². The zero-order chi connectivity index (χ0) is 13.0. The highest BCUT2D eigenvalue weighted by Gasteiger charge is 2.15. The van der Waals surface area contributed by atoms with Gasteiger partial charge in [-0.1, -0.05) is 20.3 Å². The Balaban J connectivity index is 1.93. The van der Waals surface area contributed by atoms with E-state index < -0.39 is 0 Å². The maximum Gasteiger partial charge on any atom is 0.151 e. The van der Waals surface area contributed by atoms with Crippen LogP contribution in [-0.4, -0.2) is 36.4 Å². The molecule has 0 radical (unpaired) electrons. The highest BCUT2D eigenvalue weighted by molar-refractivity contribution is 5.36. The molecule has 0 amide bonds. The second kappa shape index (κ2) is 6.14. The summed E-state index contributed by atoms with van der Waals surface area (Å²) in [5, 5.41) is 12.2. The summed E-state index contributed by atoms with van der Waals surface area (Å²) in [6.45, 7) is 6.44. The lowest BCUT2D eigenvalue weighted by Crippen LogP contribution is -2.42. The lowest BCUT2D eigenvalue weighted by atomic mass is 10.0. The highest BCUT2D eigenvalue weighted by Crippen LogP contribution is 2.15. The van der Waals surface area contributed by atoms with E-state index in [1.54, 1.807) is 0 Å². The maximum atomic E-state index is 4.31. The topological polar surface area (TPSA) is 41.0 Å². The van der Waals surface area contributed by atoms with Crippen LogP contribution < -0.4 is 10.2 Å². The second-order valence-corrected chi connectivity index (χ2v) is 5.50. The first-order valence-corrected chi connectivity index (χ1v) is 6.95. The molecule has 0 bridgehead atoms. The van der Waals surface area contributed by atoms with Crippen molar-refractivity contribution >= 4 is 5.82 Å². The van der Waals surface area contributed by atoms with Gasteiger partial charge in [0.05, 0.1) is 5.69 Å². The van der Waals surface area contributed by atoms with Gasteiger partial charge < -0.3 is 10.2 Å². The van der Waals surface area contributed by atoms with Crippen molar-refractivity contribution in [1.82, 2.24) is 15.5 Å². The molecule has 1 N–H and O–H groups in total. The molecule has 1 aromatic heterocycles. The van der Waals surface area contributed by atoms with Crippen molar-refractivity contribution in [2.45, 2.75) is 45.1 Å². The summed E-state index contributed by atoms with van der Waals surface area (Å²) in [5.74, 6) is 1.41. The van der Waals surface area contributed by atoms with Crippen molar-refractivity contribution in [3.8, 4) is 0 Å². The summed E-state index contributed by atoms with van der Waals surface area (Å²) in [7, 11) is 2.09. The fourth-order valence-electron chi connectivity index (χ4n) is 2.35. The van der Waals surface area contributed by atoms with Gasteiger partial charge in [-0.2, -0.15) is 5.10 Å². The molecule has 1 saturated heterocycles. The van der Waals surface area contributed by atoms with Gasteiger partial charge in [-0.25, -0.2) is 0 Å². The van der Waals surface area contributed by atoms with Crippen LogP contribution in [0.4, 0.5) is 5.82 Å². The standard InChI is InChI=1S/C14H24N4/c1-11(2)13-7-8-14(17-16-13)18(3)10-12-6-4-5-9-15-12/h7-8,11-12,15H,4-6,9-10H2,1-3H3. The normalized spacial score (nSPS) is 20.1. The zero-order valence-corrected chi connectivity index (χ0v) is 11.7. The number of aromatic nitrogens is 2. The molecule has 1 aliphatic heterocycles. The average molecular weight is 248 g/mol. The first-order valence-electron chi connectivity index (χ1n) is 6.95. The number of rotatable bonds is 4. The Labute approximate surface area is 110 Å². The van der Waals surface area contributed by atoms with E-state index in [-0.39, 0.29) is 0 Å². The average Bonchev–Trinajstić information content (AvgIpc) is 2.40. The predicted octanol–water partition coefficient (Wildman–Crippen LogP) is 2.18. The lowest BCUT2D eigenvalue weighted by Gasteiger charge is -2.28. The molecule has 1 aliphatic rings. The third-order valence-electron chi connectivity index (χ3n) is 3.56. The van der Waals surface area contributed by atoms with Gasteiger partial charge in [0.25, 0.3) is 0 Å². The second-order valence-electron chi connectivity index (χ2n) is 5.50. The van der Waals surface area contributed by atoms with E-state index in [9.17, 15) is 0 Å². The first kappa shape index (κ1) is 13.3. The summed E-state index contributed by atoms with van der Waals surface area (Å²) in [6.07, 6.45) is 3.91. The molecule has 2 rings (SSSR count). The van der Waals surface area contributed by atoms with Gasteiger partial charge in [-0.3, -0.25) is 0 Å². The minimum Gasteiger partial charge on any atom is -0.357 e. The van der Waals surface area contributed by atoms with E-state index in [4.69, 9.17) is 0 Å². The largest absolute Gasteiger partial charge is 0.357 e. The molecule has 4 nitrogen and oxygen atoms in total. The molecule has 0 saturated carbocycles. The van der Waals surface area contributed by atoms with Crippen LogP contribution in [0.2, 0.25) is 0 Å². The Morgan fingerprint density at radius 2 is 2.17 bits per heavy atom. The van der Waals surface area contributed by atoms with Crippen molar-refractivity contribution in [3.05, 3.63) is 17.8 Å². The van der Waals surface area contributed by atoms with Crippen LogP contribution in [0.5, 0.6) is 0 Å². The fourth-order valence-corrected chi connectivity index (χ4v) is 2.35. The maximum absolute atomic E-state index is 4.31. The lowest BCUT2D eigenvalue weighted by molar-refractivity contribution is 0.402. The van der Waals surface area contributed by atoms with Gasteiger partial charge in [0.1, 0.15) is 0 Å². The summed E-state index contributed by atoms with van der Waals surface area (Å²) in [6, 6.07) is 4.75. The number of nitrogens with zero attached hydrogens (tertiary/aromatic N) is 3. The molecule has 18 heavy (non-hydrogen) atoms. The van der Waals surface area contributed by atoms with Crippen LogP contribution in [0.3, 0.4) is 0 Å². The summed E-state index contributed by atoms with van der Waals surface area (Å²) >= 11 is 0. The quantitative estimate of drug-likeness (QED) is 0.886. The number of hydrogen-bond acceptors (Lipinski definition) is 4. The number of nitrogens with one attached hydrogen (secondary N) is 1. The smallest absolute Gasteiger partial charge is 0.151 e. The Morgan fingerprint density at radius 3 is 2.72 bits per heavy atom. The summed E-state index contributed by atoms with van der Waals surface area (Å²) in [4.78, 5) is 2.19. The molecule has 0 spiro atoms. The molecule has 0 aromatic carbocycles. The number of anilines is 1. The summed E-state index contributed by atoms with van der Waals surface area (Å²) in [5.41, 5.74) is 1.06. The minimum atomic E-state index is 0.442. The van der Waals surface area contributed by atoms with E-state index >= 15 is 0 Å². The van der Waals surface area contributed by atoms with Crippen molar-refractivity contribution in [3.63, 3.8) is 0 Å². The Kier molecular flexibility index (Phi) is 4.53. The molecular weight excluding hydrogens is 224 g/mol. The van der Waals surface area contributed by atoms with Crippen molar-refractivity contribution < 1.29 is 0 Å². The molecule has 1 fully saturated rings. The molecule has 1 atom stereocenters. The van der Waals surface area contributed by atoms with Crippen molar-refractivity contribution in [1.29, 1.82) is 0 Å². The highest BCUT2D eigenvalue weighted by atomic mass is 15.3. The molecule has 2 heterocycles. The zero-order valence-electron chi connectivity index (χ0n) is 11.7. The SMILES string of the molecule is CC(C)c1ccc(N(C)CC2CCCCN2)nn1. The fraction of sp³-hybridized carbons (Fsp3) is 0.714. The summed E-state index contributed by atoms with van der Waals surface area (Å²) < 4.78 is 0. The molecule has 1 unspecified atom stereocenters. The van der Waals surface area contributed by atoms with E-state index in [1.807, 2.05) is 0 Å². The van der Waals surface area contributed by atoms with Gasteiger partial charge in [-0.15, -0.1) is 5.10 Å². The van der Waals surface area contributed by atoms with Gasteiger partial charge in [0.2, 0.25) is 0 Å². The van der Waals surface area contributed by atoms with Gasteiger partial charge in [0, 0.05) is 19.6 Å². The molecule has 1 aromatic rings. The van der Waals surface area contributed by atoms with Crippen LogP contribution in [0.25, 0.3) is 0 Å². The van der Waals surface area contributed by atoms with Crippen molar-refractivity contribution in [2.75, 3.05) is 25.0 Å². The van der Waals surface area contributed by atoms with Gasteiger partial charge >= 0.3 is 0 Å². The third kappa shape index (κ3) is 3.42. The van der Waals surface area contributed by atoms with E-state index in [0.717, 1.165) is 24.6 Å². The van der Waals surface area contributed by atoms with Gasteiger partial charge in [-0.05, 0) is 37.4 Å². The van der Waals surface area contributed by atoms with Crippen LogP contribution >= 0.6 is 0 Å². The Bertz CT molecular complexity index is 355. The third-order valence-corrected chi connectivity index (χ3v) is 3.56.